The lowest BCUT2D eigenvalue weighted by atomic mass is 9.85. The molecule has 1 aliphatic heterocycles. The van der Waals surface area contributed by atoms with Gasteiger partial charge in [0.15, 0.2) is 11.5 Å². The minimum absolute atomic E-state index is 0.0685. The molecule has 1 aromatic rings. The van der Waals surface area contributed by atoms with Gasteiger partial charge in [-0.15, -0.1) is 0 Å². The molecular formula is C17H14BrClN2O4. The highest BCUT2D eigenvalue weighted by Crippen LogP contribution is 2.52. The van der Waals surface area contributed by atoms with E-state index in [4.69, 9.17) is 16.3 Å². The van der Waals surface area contributed by atoms with Gasteiger partial charge in [0.05, 0.1) is 25.2 Å². The number of amides is 2. The van der Waals surface area contributed by atoms with Crippen molar-refractivity contribution in [3.8, 4) is 11.5 Å². The van der Waals surface area contributed by atoms with Gasteiger partial charge in [0.1, 0.15) is 5.02 Å². The molecular weight excluding hydrogens is 412 g/mol. The van der Waals surface area contributed by atoms with Crippen LogP contribution in [0.25, 0.3) is 0 Å². The van der Waals surface area contributed by atoms with Crippen LogP contribution in [-0.4, -0.2) is 35.3 Å². The highest BCUT2D eigenvalue weighted by molar-refractivity contribution is 9.10. The molecule has 8 heteroatoms. The van der Waals surface area contributed by atoms with Gasteiger partial charge in [-0.25, -0.2) is 0 Å². The maximum atomic E-state index is 12.6. The fraction of sp³-hybridized carbons (Fsp3) is 0.353. The van der Waals surface area contributed by atoms with Gasteiger partial charge in [-0.05, 0) is 40.3 Å². The number of rotatable bonds is 3. The Morgan fingerprint density at radius 2 is 1.92 bits per heavy atom. The Kier molecular flexibility index (Phi) is 3.88. The number of hydrogen-bond donors (Lipinski definition) is 1. The number of carbonyl (C=O) groups is 2. The van der Waals surface area contributed by atoms with Crippen LogP contribution in [0.4, 0.5) is 0 Å². The average Bonchev–Trinajstić information content (AvgIpc) is 3.28. The minimum atomic E-state index is -0.291. The third kappa shape index (κ3) is 2.33. The van der Waals surface area contributed by atoms with Crippen molar-refractivity contribution in [1.29, 1.82) is 0 Å². The topological polar surface area (TPSA) is 79.2 Å². The van der Waals surface area contributed by atoms with Gasteiger partial charge in [-0.3, -0.25) is 9.59 Å². The van der Waals surface area contributed by atoms with E-state index >= 15 is 0 Å². The van der Waals surface area contributed by atoms with Crippen LogP contribution in [0.3, 0.4) is 0 Å². The van der Waals surface area contributed by atoms with Crippen LogP contribution in [0.15, 0.2) is 27.8 Å². The van der Waals surface area contributed by atoms with Crippen molar-refractivity contribution in [2.45, 2.75) is 6.42 Å². The summed E-state index contributed by atoms with van der Waals surface area (Å²) in [5, 5.41) is 15.0. The first-order valence-electron chi connectivity index (χ1n) is 7.79. The molecule has 4 atom stereocenters. The summed E-state index contributed by atoms with van der Waals surface area (Å²) in [7, 11) is 1.40. The molecule has 1 aromatic carbocycles. The summed E-state index contributed by atoms with van der Waals surface area (Å²) in [5.74, 6) is -0.830. The molecule has 0 radical (unpaired) electrons. The van der Waals surface area contributed by atoms with Crippen molar-refractivity contribution >= 4 is 45.6 Å². The first-order valence-corrected chi connectivity index (χ1v) is 8.96. The highest BCUT2D eigenvalue weighted by Gasteiger charge is 2.59. The molecule has 130 valence electrons. The summed E-state index contributed by atoms with van der Waals surface area (Å²) >= 11 is 9.32. The summed E-state index contributed by atoms with van der Waals surface area (Å²) in [6, 6.07) is 1.52. The molecule has 2 amide bonds. The second-order valence-corrected chi connectivity index (χ2v) is 7.55. The molecule has 2 aliphatic carbocycles. The van der Waals surface area contributed by atoms with Crippen LogP contribution < -0.4 is 4.74 Å². The molecule has 3 aliphatic rings. The van der Waals surface area contributed by atoms with Gasteiger partial charge in [-0.1, -0.05) is 23.8 Å². The van der Waals surface area contributed by atoms with Gasteiger partial charge in [0.2, 0.25) is 0 Å². The summed E-state index contributed by atoms with van der Waals surface area (Å²) in [4.78, 5) is 25.2. The monoisotopic (exact) mass is 424 g/mol. The fourth-order valence-corrected chi connectivity index (χ4v) is 4.59. The second kappa shape index (κ2) is 5.85. The van der Waals surface area contributed by atoms with Crippen LogP contribution >= 0.6 is 27.5 Å². The van der Waals surface area contributed by atoms with Crippen molar-refractivity contribution in [1.82, 2.24) is 5.01 Å². The number of allylic oxidation sites excluding steroid dienone is 2. The van der Waals surface area contributed by atoms with Gasteiger partial charge < -0.3 is 9.84 Å². The lowest BCUT2D eigenvalue weighted by molar-refractivity contribution is -0.140. The van der Waals surface area contributed by atoms with Gasteiger partial charge in [-0.2, -0.15) is 10.1 Å². The SMILES string of the molecule is COc1cc(/C=N/N2C(=O)C3C4C=CC(C4)C3C2=O)c(Br)c(Cl)c1O. The zero-order valence-corrected chi connectivity index (χ0v) is 15.5. The van der Waals surface area contributed by atoms with Crippen molar-refractivity contribution < 1.29 is 19.4 Å². The number of aromatic hydroxyl groups is 1. The number of ether oxygens (including phenoxy) is 1. The third-order valence-electron chi connectivity index (χ3n) is 5.15. The number of methoxy groups -OCH3 is 1. The second-order valence-electron chi connectivity index (χ2n) is 6.38. The smallest absolute Gasteiger partial charge is 0.254 e. The molecule has 1 heterocycles. The van der Waals surface area contributed by atoms with Gasteiger partial charge in [0, 0.05) is 10.0 Å². The van der Waals surface area contributed by atoms with E-state index in [1.54, 1.807) is 0 Å². The first-order chi connectivity index (χ1) is 11.9. The van der Waals surface area contributed by atoms with Gasteiger partial charge in [0.25, 0.3) is 11.8 Å². The number of imide groups is 1. The number of carbonyl (C=O) groups excluding carboxylic acids is 2. The summed E-state index contributed by atoms with van der Waals surface area (Å²) in [6.45, 7) is 0. The number of phenolic OH excluding ortho intramolecular Hbond substituents is 1. The normalized spacial score (nSPS) is 30.0. The Bertz CT molecular complexity index is 824. The Morgan fingerprint density at radius 3 is 2.48 bits per heavy atom. The summed E-state index contributed by atoms with van der Waals surface area (Å²) in [5.41, 5.74) is 0.485. The predicted octanol–water partition coefficient (Wildman–Crippen LogP) is 2.96. The van der Waals surface area contributed by atoms with Crippen molar-refractivity contribution in [2.75, 3.05) is 7.11 Å². The number of phenols is 1. The maximum Gasteiger partial charge on any atom is 0.254 e. The van der Waals surface area contributed by atoms with E-state index in [0.29, 0.717) is 10.0 Å². The highest BCUT2D eigenvalue weighted by atomic mass is 79.9. The zero-order chi connectivity index (χ0) is 17.9. The molecule has 2 bridgehead atoms. The van der Waals surface area contributed by atoms with Crippen LogP contribution in [0.5, 0.6) is 11.5 Å². The van der Waals surface area contributed by atoms with E-state index in [0.717, 1.165) is 11.4 Å². The van der Waals surface area contributed by atoms with Crippen LogP contribution in [-0.2, 0) is 9.59 Å². The molecule has 1 saturated heterocycles. The van der Waals surface area contributed by atoms with Crippen LogP contribution in [0.1, 0.15) is 12.0 Å². The minimum Gasteiger partial charge on any atom is -0.503 e. The van der Waals surface area contributed by atoms with E-state index < -0.39 is 0 Å². The molecule has 0 aromatic heterocycles. The van der Waals surface area contributed by atoms with Crippen molar-refractivity contribution in [3.05, 3.63) is 33.3 Å². The lowest BCUT2D eigenvalue weighted by Gasteiger charge is -2.13. The Balaban J connectivity index is 1.64. The fourth-order valence-electron chi connectivity index (χ4n) is 3.98. The molecule has 4 rings (SSSR count). The molecule has 6 nitrogen and oxygen atoms in total. The number of hydrogen-bond acceptors (Lipinski definition) is 5. The Hall–Kier alpha value is -1.86. The van der Waals surface area contributed by atoms with Crippen LogP contribution in [0, 0.1) is 23.7 Å². The molecule has 4 unspecified atom stereocenters. The number of fused-ring (bicyclic) bond motifs is 5. The zero-order valence-electron chi connectivity index (χ0n) is 13.1. The lowest BCUT2D eigenvalue weighted by Crippen LogP contribution is -2.28. The predicted molar refractivity (Wildman–Crippen MR) is 94.5 cm³/mol. The molecule has 1 N–H and O–H groups in total. The summed E-state index contributed by atoms with van der Waals surface area (Å²) in [6.07, 6.45) is 6.31. The number of halogens is 2. The van der Waals surface area contributed by atoms with Crippen LogP contribution in [0.2, 0.25) is 5.02 Å². The maximum absolute atomic E-state index is 12.6. The largest absolute Gasteiger partial charge is 0.503 e. The Labute approximate surface area is 157 Å². The molecule has 25 heavy (non-hydrogen) atoms. The summed E-state index contributed by atoms with van der Waals surface area (Å²) < 4.78 is 5.46. The molecule has 1 saturated carbocycles. The van der Waals surface area contributed by atoms with E-state index in [2.05, 4.69) is 21.0 Å². The first kappa shape index (κ1) is 16.6. The van der Waals surface area contributed by atoms with Crippen molar-refractivity contribution in [2.24, 2.45) is 28.8 Å². The van der Waals surface area contributed by atoms with Gasteiger partial charge >= 0.3 is 0 Å². The van der Waals surface area contributed by atoms with E-state index in [9.17, 15) is 14.7 Å². The van der Waals surface area contributed by atoms with E-state index in [-0.39, 0.29) is 52.0 Å². The third-order valence-corrected chi connectivity index (χ3v) is 6.60. The number of hydrazone groups is 1. The van der Waals surface area contributed by atoms with E-state index in [1.807, 2.05) is 12.2 Å². The number of benzene rings is 1. The van der Waals surface area contributed by atoms with Crippen molar-refractivity contribution in [3.63, 3.8) is 0 Å². The standard InChI is InChI=1S/C17H14BrClN2O4/c1-25-10-5-9(13(18)14(19)15(10)22)6-20-21-16(23)11-7-2-3-8(4-7)12(11)17(21)24/h2-3,5-8,11-12,22H,4H2,1H3/b20-6+. The number of nitrogens with zero attached hydrogens (tertiary/aromatic N) is 2. The van der Waals surface area contributed by atoms with E-state index in [1.165, 1.54) is 19.4 Å². The molecule has 2 fully saturated rings. The quantitative estimate of drug-likeness (QED) is 0.459. The average molecular weight is 426 g/mol. The molecule has 0 spiro atoms. The Morgan fingerprint density at radius 1 is 1.32 bits per heavy atom.